The van der Waals surface area contributed by atoms with Gasteiger partial charge in [0.2, 0.25) is 5.91 Å². The Hall–Kier alpha value is -0.800. The van der Waals surface area contributed by atoms with E-state index in [0.717, 1.165) is 4.88 Å². The average molecular weight is 216 g/mol. The van der Waals surface area contributed by atoms with E-state index in [2.05, 4.69) is 11.9 Å². The van der Waals surface area contributed by atoms with Crippen molar-refractivity contribution in [2.45, 2.75) is 6.42 Å². The summed E-state index contributed by atoms with van der Waals surface area (Å²) in [7, 11) is 0. The molecule has 1 aromatic heterocycles. The first kappa shape index (κ1) is 10.3. The molecule has 0 atom stereocenters. The molecule has 0 spiro atoms. The van der Waals surface area contributed by atoms with Gasteiger partial charge in [-0.3, -0.25) is 4.79 Å². The summed E-state index contributed by atoms with van der Waals surface area (Å²) in [5.41, 5.74) is 0. The molecule has 0 aliphatic rings. The van der Waals surface area contributed by atoms with Crippen LogP contribution in [-0.4, -0.2) is 12.5 Å². The maximum Gasteiger partial charge on any atom is 0.225 e. The number of nitrogens with one attached hydrogen (secondary N) is 1. The monoisotopic (exact) mass is 215 g/mol. The van der Waals surface area contributed by atoms with Gasteiger partial charge in [0, 0.05) is 11.4 Å². The van der Waals surface area contributed by atoms with E-state index in [0.29, 0.717) is 17.3 Å². The minimum absolute atomic E-state index is 0.00147. The first-order valence-corrected chi connectivity index (χ1v) is 5.03. The van der Waals surface area contributed by atoms with Gasteiger partial charge in [0.25, 0.3) is 0 Å². The number of hydrogen-bond donors (Lipinski definition) is 1. The third kappa shape index (κ3) is 3.61. The van der Waals surface area contributed by atoms with Gasteiger partial charge >= 0.3 is 0 Å². The number of amides is 1. The van der Waals surface area contributed by atoms with Crippen molar-refractivity contribution in [3.8, 4) is 0 Å². The summed E-state index contributed by atoms with van der Waals surface area (Å²) >= 11 is 7.15. The minimum Gasteiger partial charge on any atom is -0.352 e. The zero-order valence-electron chi connectivity index (χ0n) is 7.05. The lowest BCUT2D eigenvalue weighted by Gasteiger charge is -1.98. The van der Waals surface area contributed by atoms with Crippen molar-refractivity contribution >= 4 is 28.8 Å². The Morgan fingerprint density at radius 1 is 1.69 bits per heavy atom. The molecule has 0 saturated heterocycles. The van der Waals surface area contributed by atoms with Crippen LogP contribution >= 0.6 is 22.9 Å². The van der Waals surface area contributed by atoms with Crippen LogP contribution in [0.3, 0.4) is 0 Å². The predicted octanol–water partition coefficient (Wildman–Crippen LogP) is 2.25. The Kier molecular flexibility index (Phi) is 3.99. The summed E-state index contributed by atoms with van der Waals surface area (Å²) in [6.07, 6.45) is 2.05. The fourth-order valence-electron chi connectivity index (χ4n) is 0.854. The summed E-state index contributed by atoms with van der Waals surface area (Å²) < 4.78 is 0.714. The van der Waals surface area contributed by atoms with E-state index in [9.17, 15) is 4.79 Å². The van der Waals surface area contributed by atoms with Crippen LogP contribution in [0, 0.1) is 0 Å². The summed E-state index contributed by atoms with van der Waals surface area (Å²) in [4.78, 5) is 12.2. The van der Waals surface area contributed by atoms with E-state index in [-0.39, 0.29) is 5.91 Å². The molecule has 1 aromatic rings. The molecule has 0 saturated carbocycles. The Labute approximate surface area is 86.2 Å². The topological polar surface area (TPSA) is 29.1 Å². The lowest BCUT2D eigenvalue weighted by atomic mass is 10.3. The molecule has 13 heavy (non-hydrogen) atoms. The van der Waals surface area contributed by atoms with Gasteiger partial charge in [0.15, 0.2) is 0 Å². The molecule has 1 amide bonds. The van der Waals surface area contributed by atoms with Crippen molar-refractivity contribution in [2.24, 2.45) is 0 Å². The van der Waals surface area contributed by atoms with Crippen LogP contribution in [0.4, 0.5) is 0 Å². The van der Waals surface area contributed by atoms with Crippen molar-refractivity contribution in [1.82, 2.24) is 5.32 Å². The van der Waals surface area contributed by atoms with Gasteiger partial charge in [-0.05, 0) is 12.1 Å². The molecule has 0 unspecified atom stereocenters. The molecule has 2 nitrogen and oxygen atoms in total. The Balaban J connectivity index is 2.40. The van der Waals surface area contributed by atoms with Crippen molar-refractivity contribution in [2.75, 3.05) is 6.54 Å². The van der Waals surface area contributed by atoms with E-state index in [4.69, 9.17) is 11.6 Å². The highest BCUT2D eigenvalue weighted by Crippen LogP contribution is 2.21. The molecule has 0 bridgehead atoms. The molecule has 1 heterocycles. The first-order chi connectivity index (χ1) is 6.22. The number of rotatable bonds is 4. The SMILES string of the molecule is C=CCNC(=O)Cc1ccc(Cl)s1. The fourth-order valence-corrected chi connectivity index (χ4v) is 1.94. The number of carbonyl (C=O) groups excluding carboxylic acids is 1. The van der Waals surface area contributed by atoms with Gasteiger partial charge in [0.1, 0.15) is 0 Å². The van der Waals surface area contributed by atoms with E-state index in [1.54, 1.807) is 12.1 Å². The maximum atomic E-state index is 11.2. The number of thiophene rings is 1. The van der Waals surface area contributed by atoms with Crippen molar-refractivity contribution in [3.05, 3.63) is 34.0 Å². The normalized spacial score (nSPS) is 9.62. The second kappa shape index (κ2) is 5.04. The maximum absolute atomic E-state index is 11.2. The van der Waals surface area contributed by atoms with E-state index < -0.39 is 0 Å². The van der Waals surface area contributed by atoms with Crippen LogP contribution in [0.2, 0.25) is 4.34 Å². The second-order valence-electron chi connectivity index (χ2n) is 2.48. The molecular weight excluding hydrogens is 206 g/mol. The van der Waals surface area contributed by atoms with Gasteiger partial charge in [-0.2, -0.15) is 0 Å². The molecule has 70 valence electrons. The summed E-state index contributed by atoms with van der Waals surface area (Å²) in [5.74, 6) is -0.00147. The number of halogens is 1. The highest BCUT2D eigenvalue weighted by Gasteiger charge is 2.03. The van der Waals surface area contributed by atoms with Crippen LogP contribution in [0.1, 0.15) is 4.88 Å². The zero-order valence-corrected chi connectivity index (χ0v) is 8.62. The smallest absolute Gasteiger partial charge is 0.225 e. The van der Waals surface area contributed by atoms with Crippen LogP contribution < -0.4 is 5.32 Å². The molecule has 4 heteroatoms. The minimum atomic E-state index is -0.00147. The molecule has 1 N–H and O–H groups in total. The average Bonchev–Trinajstić information content (AvgIpc) is 2.48. The quantitative estimate of drug-likeness (QED) is 0.767. The van der Waals surface area contributed by atoms with Crippen molar-refractivity contribution in [3.63, 3.8) is 0 Å². The molecule has 1 rings (SSSR count). The third-order valence-electron chi connectivity index (χ3n) is 1.41. The van der Waals surface area contributed by atoms with Gasteiger partial charge in [-0.15, -0.1) is 17.9 Å². The standard InChI is InChI=1S/C9H10ClNOS/c1-2-5-11-9(12)6-7-3-4-8(10)13-7/h2-4H,1,5-6H2,(H,11,12). The summed E-state index contributed by atoms with van der Waals surface area (Å²) in [6, 6.07) is 3.66. The van der Waals surface area contributed by atoms with E-state index >= 15 is 0 Å². The third-order valence-corrected chi connectivity index (χ3v) is 2.64. The van der Waals surface area contributed by atoms with E-state index in [1.165, 1.54) is 11.3 Å². The zero-order chi connectivity index (χ0) is 9.68. The molecule has 0 aliphatic carbocycles. The molecule has 0 aliphatic heterocycles. The lowest BCUT2D eigenvalue weighted by molar-refractivity contribution is -0.120. The summed E-state index contributed by atoms with van der Waals surface area (Å²) in [5, 5.41) is 2.70. The predicted molar refractivity (Wildman–Crippen MR) is 56.2 cm³/mol. The fraction of sp³-hybridized carbons (Fsp3) is 0.222. The summed E-state index contributed by atoms with van der Waals surface area (Å²) in [6.45, 7) is 4.02. The number of hydrogen-bond acceptors (Lipinski definition) is 2. The van der Waals surface area contributed by atoms with Gasteiger partial charge in [-0.1, -0.05) is 17.7 Å². The highest BCUT2D eigenvalue weighted by atomic mass is 35.5. The Morgan fingerprint density at radius 2 is 2.46 bits per heavy atom. The highest BCUT2D eigenvalue weighted by molar-refractivity contribution is 7.16. The Morgan fingerprint density at radius 3 is 3.00 bits per heavy atom. The van der Waals surface area contributed by atoms with Gasteiger partial charge in [-0.25, -0.2) is 0 Å². The molecular formula is C9H10ClNOS. The van der Waals surface area contributed by atoms with Crippen LogP contribution in [0.15, 0.2) is 24.8 Å². The molecule has 0 aromatic carbocycles. The van der Waals surface area contributed by atoms with Crippen LogP contribution in [-0.2, 0) is 11.2 Å². The molecule has 0 radical (unpaired) electrons. The van der Waals surface area contributed by atoms with Gasteiger partial charge in [0.05, 0.1) is 10.8 Å². The first-order valence-electron chi connectivity index (χ1n) is 3.84. The lowest BCUT2D eigenvalue weighted by Crippen LogP contribution is -2.24. The second-order valence-corrected chi connectivity index (χ2v) is 4.27. The van der Waals surface area contributed by atoms with Gasteiger partial charge < -0.3 is 5.32 Å². The van der Waals surface area contributed by atoms with Crippen molar-refractivity contribution < 1.29 is 4.79 Å². The molecule has 0 fully saturated rings. The Bertz CT molecular complexity index is 308. The van der Waals surface area contributed by atoms with Crippen LogP contribution in [0.5, 0.6) is 0 Å². The van der Waals surface area contributed by atoms with Crippen molar-refractivity contribution in [1.29, 1.82) is 0 Å². The largest absolute Gasteiger partial charge is 0.352 e. The number of carbonyl (C=O) groups is 1. The van der Waals surface area contributed by atoms with Crippen LogP contribution in [0.25, 0.3) is 0 Å². The van der Waals surface area contributed by atoms with E-state index in [1.807, 2.05) is 6.07 Å².